The maximum Gasteiger partial charge on any atom is 0.513 e. The van der Waals surface area contributed by atoms with Crippen LogP contribution >= 0.6 is 0 Å². The SMILES string of the molecule is COC(=O)Oc1cc(C(F)F)nc2cc(C)c(Oc3cc(C(F)F)nc4c(F)cccc34)cc12. The number of rotatable bonds is 5. The van der Waals surface area contributed by atoms with Gasteiger partial charge in [-0.1, -0.05) is 6.07 Å². The van der Waals surface area contributed by atoms with Crippen LogP contribution in [0.25, 0.3) is 21.8 Å². The Morgan fingerprint density at radius 3 is 2.24 bits per heavy atom. The molecule has 0 fully saturated rings. The molecule has 2 heterocycles. The van der Waals surface area contributed by atoms with Crippen LogP contribution in [0.2, 0.25) is 0 Å². The second kappa shape index (κ2) is 9.08. The zero-order valence-electron chi connectivity index (χ0n) is 17.6. The molecular weight excluding hydrogens is 463 g/mol. The topological polar surface area (TPSA) is 70.5 Å². The quantitative estimate of drug-likeness (QED) is 0.226. The number of carbonyl (C=O) groups is 1. The predicted molar refractivity (Wildman–Crippen MR) is 111 cm³/mol. The van der Waals surface area contributed by atoms with Gasteiger partial charge in [0.25, 0.3) is 12.9 Å². The van der Waals surface area contributed by atoms with Crippen LogP contribution in [0.4, 0.5) is 26.7 Å². The fraction of sp³-hybridized carbons (Fsp3) is 0.174. The molecule has 0 spiro atoms. The number of carbonyl (C=O) groups excluding carboxylic acids is 1. The smallest absolute Gasteiger partial charge is 0.456 e. The Morgan fingerprint density at radius 1 is 0.882 bits per heavy atom. The molecular formula is C23H15F5N2O4. The lowest BCUT2D eigenvalue weighted by Crippen LogP contribution is -2.08. The number of halogens is 5. The lowest BCUT2D eigenvalue weighted by molar-refractivity contribution is 0.121. The van der Waals surface area contributed by atoms with E-state index >= 15 is 0 Å². The Hall–Kier alpha value is -4.02. The van der Waals surface area contributed by atoms with Gasteiger partial charge >= 0.3 is 6.16 Å². The van der Waals surface area contributed by atoms with Crippen molar-refractivity contribution in [1.82, 2.24) is 9.97 Å². The van der Waals surface area contributed by atoms with Gasteiger partial charge in [-0.25, -0.2) is 36.7 Å². The molecule has 11 heteroatoms. The van der Waals surface area contributed by atoms with Crippen molar-refractivity contribution in [2.75, 3.05) is 7.11 Å². The summed E-state index contributed by atoms with van der Waals surface area (Å²) in [7, 11) is 1.05. The summed E-state index contributed by atoms with van der Waals surface area (Å²) in [6.45, 7) is 1.57. The number of benzene rings is 2. The van der Waals surface area contributed by atoms with Crippen LogP contribution in [0.1, 0.15) is 29.8 Å². The molecule has 0 amide bonds. The van der Waals surface area contributed by atoms with Crippen molar-refractivity contribution in [1.29, 1.82) is 0 Å². The molecule has 2 aromatic heterocycles. The van der Waals surface area contributed by atoms with Gasteiger partial charge in [0.05, 0.1) is 12.6 Å². The van der Waals surface area contributed by atoms with E-state index in [2.05, 4.69) is 14.7 Å². The summed E-state index contributed by atoms with van der Waals surface area (Å²) in [5.41, 5.74) is -1.15. The minimum atomic E-state index is -2.99. The standard InChI is InChI=1S/C23H15F5N2O4/c1-10-6-14-12(19(34-23(31)32-2)8-15(29-14)21(25)26)7-17(10)33-18-9-16(22(27)28)30-20-11(18)4-3-5-13(20)24/h3-9,21-22H,1-2H3. The second-order valence-electron chi connectivity index (χ2n) is 7.12. The molecule has 34 heavy (non-hydrogen) atoms. The molecule has 0 aliphatic carbocycles. The number of nitrogens with zero attached hydrogens (tertiary/aromatic N) is 2. The van der Waals surface area contributed by atoms with E-state index in [1.807, 2.05) is 0 Å². The Bertz CT molecular complexity index is 1410. The van der Waals surface area contributed by atoms with Crippen molar-refractivity contribution in [2.45, 2.75) is 19.8 Å². The van der Waals surface area contributed by atoms with Gasteiger partial charge in [0.1, 0.15) is 40.0 Å². The minimum Gasteiger partial charge on any atom is -0.456 e. The lowest BCUT2D eigenvalue weighted by atomic mass is 10.1. The number of aryl methyl sites for hydroxylation is 1. The predicted octanol–water partition coefficient (Wildman–Crippen LogP) is 7.04. The van der Waals surface area contributed by atoms with E-state index in [1.165, 1.54) is 24.3 Å². The Labute approximate surface area is 188 Å². The molecule has 0 radical (unpaired) electrons. The molecule has 176 valence electrons. The molecule has 6 nitrogen and oxygen atoms in total. The zero-order valence-corrected chi connectivity index (χ0v) is 17.6. The maximum atomic E-state index is 14.3. The van der Waals surface area contributed by atoms with E-state index in [0.717, 1.165) is 25.3 Å². The van der Waals surface area contributed by atoms with E-state index < -0.39 is 36.2 Å². The number of pyridine rings is 2. The lowest BCUT2D eigenvalue weighted by Gasteiger charge is -2.15. The number of hydrogen-bond acceptors (Lipinski definition) is 6. The van der Waals surface area contributed by atoms with E-state index in [4.69, 9.17) is 9.47 Å². The Morgan fingerprint density at radius 2 is 1.56 bits per heavy atom. The normalized spacial score (nSPS) is 11.4. The third-order valence-corrected chi connectivity index (χ3v) is 4.89. The molecule has 2 aromatic carbocycles. The van der Waals surface area contributed by atoms with Crippen molar-refractivity contribution in [3.8, 4) is 17.2 Å². The highest BCUT2D eigenvalue weighted by molar-refractivity contribution is 5.90. The summed E-state index contributed by atoms with van der Waals surface area (Å²) in [6.07, 6.45) is -7.07. The summed E-state index contributed by atoms with van der Waals surface area (Å²) in [6, 6.07) is 8.53. The number of ether oxygens (including phenoxy) is 3. The first kappa shape index (κ1) is 23.1. The van der Waals surface area contributed by atoms with Crippen LogP contribution in [0.5, 0.6) is 17.2 Å². The van der Waals surface area contributed by atoms with Crippen molar-refractivity contribution >= 4 is 28.0 Å². The first-order chi connectivity index (χ1) is 16.2. The number of methoxy groups -OCH3 is 1. The Kier molecular flexibility index (Phi) is 6.18. The zero-order chi connectivity index (χ0) is 24.6. The number of hydrogen-bond donors (Lipinski definition) is 0. The molecule has 0 atom stereocenters. The first-order valence-corrected chi connectivity index (χ1v) is 9.72. The Balaban J connectivity index is 1.89. The number of para-hydroxylation sites is 1. The molecule has 0 N–H and O–H groups in total. The van der Waals surface area contributed by atoms with E-state index in [-0.39, 0.29) is 39.1 Å². The maximum absolute atomic E-state index is 14.3. The molecule has 0 aliphatic heterocycles. The number of alkyl halides is 4. The van der Waals surface area contributed by atoms with Crippen LogP contribution in [0.15, 0.2) is 42.5 Å². The van der Waals surface area contributed by atoms with Crippen molar-refractivity contribution in [2.24, 2.45) is 0 Å². The first-order valence-electron chi connectivity index (χ1n) is 9.72. The van der Waals surface area contributed by atoms with Gasteiger partial charge in [0.2, 0.25) is 0 Å². The monoisotopic (exact) mass is 478 g/mol. The number of fused-ring (bicyclic) bond motifs is 2. The van der Waals surface area contributed by atoms with Crippen LogP contribution in [-0.2, 0) is 4.74 Å². The molecule has 4 rings (SSSR count). The van der Waals surface area contributed by atoms with Gasteiger partial charge in [-0.2, -0.15) is 0 Å². The van der Waals surface area contributed by atoms with Gasteiger partial charge < -0.3 is 14.2 Å². The molecule has 4 aromatic rings. The van der Waals surface area contributed by atoms with Crippen LogP contribution in [-0.4, -0.2) is 23.2 Å². The van der Waals surface area contributed by atoms with Crippen LogP contribution in [0, 0.1) is 12.7 Å². The third-order valence-electron chi connectivity index (χ3n) is 4.89. The molecule has 0 saturated carbocycles. The highest BCUT2D eigenvalue weighted by Gasteiger charge is 2.20. The fourth-order valence-electron chi connectivity index (χ4n) is 3.30. The molecule has 0 unspecified atom stereocenters. The summed E-state index contributed by atoms with van der Waals surface area (Å²) in [4.78, 5) is 19.2. The van der Waals surface area contributed by atoms with E-state index in [1.54, 1.807) is 6.92 Å². The summed E-state index contributed by atoms with van der Waals surface area (Å²) in [5.74, 6) is -1.07. The molecule has 0 bridgehead atoms. The molecule has 0 aliphatic rings. The van der Waals surface area contributed by atoms with Gasteiger partial charge in [-0.3, -0.25) is 0 Å². The van der Waals surface area contributed by atoms with Gasteiger partial charge in [0, 0.05) is 22.9 Å². The average molecular weight is 478 g/mol. The summed E-state index contributed by atoms with van der Waals surface area (Å²) >= 11 is 0. The fourth-order valence-corrected chi connectivity index (χ4v) is 3.30. The summed E-state index contributed by atoms with van der Waals surface area (Å²) in [5, 5.41) is 0.259. The molecule has 0 saturated heterocycles. The van der Waals surface area contributed by atoms with Crippen molar-refractivity contribution < 1.29 is 41.0 Å². The van der Waals surface area contributed by atoms with Gasteiger partial charge in [0.15, 0.2) is 0 Å². The highest BCUT2D eigenvalue weighted by Crippen LogP contribution is 2.38. The van der Waals surface area contributed by atoms with Crippen LogP contribution in [0.3, 0.4) is 0 Å². The summed E-state index contributed by atoms with van der Waals surface area (Å²) < 4.78 is 82.9. The van der Waals surface area contributed by atoms with E-state index in [0.29, 0.717) is 5.56 Å². The third kappa shape index (κ3) is 4.41. The highest BCUT2D eigenvalue weighted by atomic mass is 19.3. The largest absolute Gasteiger partial charge is 0.513 e. The van der Waals surface area contributed by atoms with E-state index in [9.17, 15) is 26.7 Å². The van der Waals surface area contributed by atoms with Crippen molar-refractivity contribution in [3.63, 3.8) is 0 Å². The average Bonchev–Trinajstić information content (AvgIpc) is 2.79. The number of aromatic nitrogens is 2. The minimum absolute atomic E-state index is 0.0699. The second-order valence-corrected chi connectivity index (χ2v) is 7.12. The van der Waals surface area contributed by atoms with Gasteiger partial charge in [-0.05, 0) is 36.8 Å². The van der Waals surface area contributed by atoms with Crippen LogP contribution < -0.4 is 9.47 Å². The van der Waals surface area contributed by atoms with Crippen molar-refractivity contribution in [3.05, 3.63) is 65.2 Å². The van der Waals surface area contributed by atoms with Gasteiger partial charge in [-0.15, -0.1) is 0 Å².